The van der Waals surface area contributed by atoms with E-state index < -0.39 is 52.1 Å². The highest BCUT2D eigenvalue weighted by molar-refractivity contribution is 5.77. The van der Waals surface area contributed by atoms with Crippen LogP contribution >= 0.6 is 0 Å². The van der Waals surface area contributed by atoms with E-state index in [4.69, 9.17) is 13.3 Å². The monoisotopic (exact) mass is 984 g/mol. The number of nitrogens with one attached hydrogen (secondary N) is 3. The molecule has 71 heavy (non-hydrogen) atoms. The lowest BCUT2D eigenvalue weighted by Gasteiger charge is -2.14. The highest BCUT2D eigenvalue weighted by Crippen LogP contribution is 2.64. The molecule has 0 spiro atoms. The van der Waals surface area contributed by atoms with Crippen molar-refractivity contribution in [2.24, 2.45) is 28.1 Å². The predicted molar refractivity (Wildman–Crippen MR) is 261 cm³/mol. The van der Waals surface area contributed by atoms with Crippen LogP contribution < -0.4 is 33.6 Å². The molecule has 0 aliphatic heterocycles. The molecule has 15 nitrogen and oxygen atoms in total. The summed E-state index contributed by atoms with van der Waals surface area (Å²) >= 11 is 0. The maximum atomic E-state index is 13.4. The zero-order valence-electron chi connectivity index (χ0n) is 40.9. The summed E-state index contributed by atoms with van der Waals surface area (Å²) in [6, 6.07) is 4.10. The number of H-pyrrole nitrogens is 3. The van der Waals surface area contributed by atoms with E-state index in [0.717, 1.165) is 43.9 Å². The first kappa shape index (κ1) is 50.0. The number of rotatable bonds is 18. The first-order valence-electron chi connectivity index (χ1n) is 25.5. The number of aryl methyl sites for hydroxylation is 3. The third-order valence-electron chi connectivity index (χ3n) is 15.9. The van der Waals surface area contributed by atoms with Crippen LogP contribution in [0.1, 0.15) is 190 Å². The zero-order chi connectivity index (χ0) is 50.4. The fraction of sp³-hybridized carbons (Fsp3) is 0.604. The number of nitrogens with zero attached hydrogens (tertiary/aromatic N) is 3. The number of fused-ring (bicyclic) bond motifs is 3. The number of aromatic amines is 3. The molecule has 0 amide bonds. The number of hydrogen-bond donors (Lipinski definition) is 3. The molecule has 0 bridgehead atoms. The van der Waals surface area contributed by atoms with Gasteiger partial charge in [-0.15, -0.1) is 0 Å². The Morgan fingerprint density at radius 3 is 1.20 bits per heavy atom. The van der Waals surface area contributed by atoms with Gasteiger partial charge in [-0.3, -0.25) is 14.4 Å². The summed E-state index contributed by atoms with van der Waals surface area (Å²) in [5.41, 5.74) is 0.220. The molecule has 5 fully saturated rings. The molecule has 5 aliphatic carbocycles. The van der Waals surface area contributed by atoms with Crippen LogP contribution in [-0.4, -0.2) is 29.9 Å². The van der Waals surface area contributed by atoms with Crippen LogP contribution in [0.15, 0.2) is 60.2 Å². The molecule has 3 atom stereocenters. The Morgan fingerprint density at radius 2 is 0.873 bits per heavy atom. The van der Waals surface area contributed by atoms with E-state index in [0.29, 0.717) is 52.2 Å². The number of hydrogen-bond acceptors (Lipinski definition) is 12. The average molecular weight is 985 g/mol. The third kappa shape index (κ3) is 11.4. The lowest BCUT2D eigenvalue weighted by molar-refractivity contribution is 0.354. The van der Waals surface area contributed by atoms with Crippen LogP contribution in [-0.2, 0) is 19.3 Å². The van der Waals surface area contributed by atoms with Gasteiger partial charge in [-0.25, -0.2) is 27.6 Å². The van der Waals surface area contributed by atoms with Gasteiger partial charge in [-0.2, -0.15) is 15.0 Å². The largest absolute Gasteiger partial charge is 0.403 e. The first-order chi connectivity index (χ1) is 33.9. The van der Waals surface area contributed by atoms with Crippen molar-refractivity contribution in [3.8, 4) is 0 Å². The fourth-order valence-corrected chi connectivity index (χ4v) is 11.1. The summed E-state index contributed by atoms with van der Waals surface area (Å²) in [5.74, 6) is 1.38. The molecule has 3 unspecified atom stereocenters. The topological polar surface area (TPSA) is 228 Å². The van der Waals surface area contributed by atoms with Crippen molar-refractivity contribution in [1.82, 2.24) is 29.9 Å². The van der Waals surface area contributed by atoms with Gasteiger partial charge in [0.05, 0.1) is 0 Å². The minimum Gasteiger partial charge on any atom is -0.403 e. The summed E-state index contributed by atoms with van der Waals surface area (Å²) in [6.45, 7) is 6.02. The summed E-state index contributed by atoms with van der Waals surface area (Å²) in [6.07, 6.45) is 18.1. The molecule has 380 valence electrons. The average Bonchev–Trinajstić information content (AvgIpc) is 4.08. The van der Waals surface area contributed by atoms with E-state index in [1.54, 1.807) is 0 Å². The van der Waals surface area contributed by atoms with E-state index in [9.17, 15) is 41.9 Å². The van der Waals surface area contributed by atoms with Crippen LogP contribution in [0.25, 0.3) is 33.3 Å². The van der Waals surface area contributed by atoms with Gasteiger partial charge in [0.25, 0.3) is 16.7 Å². The lowest BCUT2D eigenvalue weighted by Crippen LogP contribution is -2.17. The smallest absolute Gasteiger partial charge is 0.337 e. The van der Waals surface area contributed by atoms with Gasteiger partial charge in [-0.1, -0.05) is 13.3 Å². The molecule has 0 aromatic carbocycles. The quantitative estimate of drug-likeness (QED) is 0.0731. The summed E-state index contributed by atoms with van der Waals surface area (Å²) < 4.78 is 55.3. The second kappa shape index (κ2) is 19.9. The fourth-order valence-electron chi connectivity index (χ4n) is 11.1. The van der Waals surface area contributed by atoms with E-state index >= 15 is 0 Å². The molecular weight excluding hydrogens is 922 g/mol. The Bertz CT molecular complexity index is 3310. The maximum absolute atomic E-state index is 13.4. The Labute approximate surface area is 405 Å². The SMILES string of the molecule is CC(F)c1nc2oc(=O)cc(CCC3(C4CC4)CC3)c2c(=O)[nH]1.CC(F)c1nc2oc(=O)cc(CCCC3(C4CC4)CC3)c2c(=O)[nH]1.CCCC1(CCCc2cc(=O)oc3nc(C(C)F)[nH]c(=O)c23)CC1. The molecule has 6 aromatic rings. The van der Waals surface area contributed by atoms with Crippen LogP contribution in [0.4, 0.5) is 13.2 Å². The van der Waals surface area contributed by atoms with Crippen LogP contribution in [0, 0.1) is 28.1 Å². The van der Waals surface area contributed by atoms with Crippen molar-refractivity contribution in [2.75, 3.05) is 0 Å². The van der Waals surface area contributed by atoms with Crippen molar-refractivity contribution < 1.29 is 26.4 Å². The summed E-state index contributed by atoms with van der Waals surface area (Å²) in [7, 11) is 0. The molecule has 6 aromatic heterocycles. The van der Waals surface area contributed by atoms with Gasteiger partial charge < -0.3 is 28.2 Å². The minimum absolute atomic E-state index is 0.0629. The van der Waals surface area contributed by atoms with Crippen molar-refractivity contribution in [2.45, 2.75) is 175 Å². The first-order valence-corrected chi connectivity index (χ1v) is 25.5. The predicted octanol–water partition coefficient (Wildman–Crippen LogP) is 10.3. The summed E-state index contributed by atoms with van der Waals surface area (Å²) in [4.78, 5) is 91.4. The number of aromatic nitrogens is 6. The molecule has 11 rings (SSSR count). The minimum atomic E-state index is -1.43. The van der Waals surface area contributed by atoms with Crippen LogP contribution in [0.2, 0.25) is 0 Å². The Balaban J connectivity index is 0.000000132. The second-order valence-corrected chi connectivity index (χ2v) is 21.2. The molecule has 18 heteroatoms. The van der Waals surface area contributed by atoms with Crippen LogP contribution in [0.5, 0.6) is 0 Å². The van der Waals surface area contributed by atoms with Gasteiger partial charge in [0, 0.05) is 18.2 Å². The van der Waals surface area contributed by atoms with Crippen molar-refractivity contribution in [1.29, 1.82) is 0 Å². The molecule has 0 radical (unpaired) electrons. The van der Waals surface area contributed by atoms with Crippen molar-refractivity contribution in [3.05, 3.63) is 115 Å². The zero-order valence-corrected chi connectivity index (χ0v) is 40.9. The van der Waals surface area contributed by atoms with Gasteiger partial charge in [0.2, 0.25) is 17.1 Å². The Morgan fingerprint density at radius 1 is 0.521 bits per heavy atom. The van der Waals surface area contributed by atoms with E-state index in [2.05, 4.69) is 36.8 Å². The van der Waals surface area contributed by atoms with Gasteiger partial charge in [-0.05, 0) is 188 Å². The van der Waals surface area contributed by atoms with E-state index in [1.165, 1.54) is 116 Å². The molecule has 6 heterocycles. The van der Waals surface area contributed by atoms with E-state index in [-0.39, 0.29) is 50.8 Å². The highest BCUT2D eigenvalue weighted by Gasteiger charge is 2.53. The normalized spacial score (nSPS) is 19.3. The van der Waals surface area contributed by atoms with Crippen LogP contribution in [0.3, 0.4) is 0 Å². The standard InChI is InChI=1S/C18H21FN2O3.C18H23FN2O3.C17H19FN2O3/c1-10(19)15-20-16(23)14-11(9-13(22)24-17(14)21-15)3-2-6-18(7-8-18)12-4-5-12;1-3-6-18(8-9-18)7-4-5-12-10-13(22)24-17-14(12)16(23)20-15(21-17)11(2)19;1-9(18)14-19-15(22)13-10(8-12(21)23-16(13)20-14)4-5-17(6-7-17)11-2-3-11/h9-10,12H,2-8H2,1H3,(H,20,21,23);10-11H,3-9H2,1-2H3,(H,20,21,23);8-9,11H,2-7H2,1H3,(H,19,20,22). The molecule has 5 saturated carbocycles. The molecular formula is C53H63F3N6O9. The Kier molecular flexibility index (Phi) is 14.0. The van der Waals surface area contributed by atoms with Gasteiger partial charge >= 0.3 is 16.9 Å². The highest BCUT2D eigenvalue weighted by atomic mass is 19.1. The maximum Gasteiger partial charge on any atom is 0.337 e. The second-order valence-electron chi connectivity index (χ2n) is 21.2. The Hall–Kier alpha value is -5.94. The molecule has 3 N–H and O–H groups in total. The summed E-state index contributed by atoms with van der Waals surface area (Å²) in [5, 5.41) is 0.815. The van der Waals surface area contributed by atoms with E-state index in [1.807, 2.05) is 0 Å². The van der Waals surface area contributed by atoms with Gasteiger partial charge in [0.1, 0.15) is 33.6 Å². The third-order valence-corrected chi connectivity index (χ3v) is 15.9. The van der Waals surface area contributed by atoms with Gasteiger partial charge in [0.15, 0.2) is 18.5 Å². The van der Waals surface area contributed by atoms with Crippen molar-refractivity contribution >= 4 is 33.3 Å². The van der Waals surface area contributed by atoms with Crippen molar-refractivity contribution in [3.63, 3.8) is 0 Å². The number of halogens is 3. The lowest BCUT2D eigenvalue weighted by atomic mass is 9.91. The number of alkyl halides is 3. The molecule has 0 saturated heterocycles. The molecule has 5 aliphatic rings.